The number of rotatable bonds is 6. The number of hydrogen-bond acceptors (Lipinski definition) is 3. The summed E-state index contributed by atoms with van der Waals surface area (Å²) in [4.78, 5) is 10.4. The fraction of sp³-hybridized carbons (Fsp3) is 0.857. The molecule has 0 aliphatic rings. The molecule has 0 rings (SSSR count). The van der Waals surface area contributed by atoms with E-state index in [0.29, 0.717) is 6.54 Å². The number of nitrogens with one attached hydrogen (secondary N) is 1. The molecule has 0 radical (unpaired) electrons. The number of carboxylic acids is 1. The van der Waals surface area contributed by atoms with Crippen molar-refractivity contribution in [3.63, 3.8) is 0 Å². The summed E-state index contributed by atoms with van der Waals surface area (Å²) in [5.74, 6) is -0.896. The van der Waals surface area contributed by atoms with Crippen molar-refractivity contribution in [3.8, 4) is 0 Å². The van der Waals surface area contributed by atoms with Crippen LogP contribution in [0.2, 0.25) is 0 Å². The number of carbonyl (C=O) groups is 1. The van der Waals surface area contributed by atoms with E-state index in [-0.39, 0.29) is 67.4 Å². The van der Waals surface area contributed by atoms with Gasteiger partial charge in [-0.1, -0.05) is 6.92 Å². The van der Waals surface area contributed by atoms with Crippen LogP contribution >= 0.6 is 12.4 Å². The Hall–Kier alpha value is 0.970. The summed E-state index contributed by atoms with van der Waals surface area (Å²) >= 11 is 0. The molecule has 0 amide bonds. The summed E-state index contributed by atoms with van der Waals surface area (Å²) in [6.45, 7) is 2.55. The SMILES string of the molecule is CCCNC(CCO)C(=O)O.Cl.[Cl-].[Na+]. The van der Waals surface area contributed by atoms with Crippen molar-refractivity contribution in [2.24, 2.45) is 0 Å². The Balaban J connectivity index is -0.000000167. The molecule has 0 saturated carbocycles. The molecular formula is C7H16Cl2NNaO3. The Morgan fingerprint density at radius 2 is 2.00 bits per heavy atom. The molecular weight excluding hydrogens is 240 g/mol. The van der Waals surface area contributed by atoms with Crippen LogP contribution in [0.4, 0.5) is 0 Å². The predicted molar refractivity (Wildman–Crippen MR) is 48.7 cm³/mol. The molecule has 0 spiro atoms. The molecule has 14 heavy (non-hydrogen) atoms. The van der Waals surface area contributed by atoms with Crippen LogP contribution in [0.1, 0.15) is 19.8 Å². The van der Waals surface area contributed by atoms with Crippen LogP contribution in [0, 0.1) is 0 Å². The monoisotopic (exact) mass is 255 g/mol. The quantitative estimate of drug-likeness (QED) is 0.414. The van der Waals surface area contributed by atoms with Gasteiger partial charge in [-0.2, -0.15) is 0 Å². The third-order valence-electron chi connectivity index (χ3n) is 1.36. The number of hydrogen-bond donors (Lipinski definition) is 3. The Morgan fingerprint density at radius 1 is 1.50 bits per heavy atom. The maximum absolute atomic E-state index is 10.4. The first-order valence-electron chi connectivity index (χ1n) is 3.79. The maximum atomic E-state index is 10.4. The van der Waals surface area contributed by atoms with E-state index in [0.717, 1.165) is 6.42 Å². The molecule has 0 aromatic heterocycles. The molecule has 0 aromatic carbocycles. The van der Waals surface area contributed by atoms with E-state index >= 15 is 0 Å². The molecule has 0 heterocycles. The van der Waals surface area contributed by atoms with Crippen molar-refractivity contribution < 1.29 is 57.0 Å². The number of aliphatic hydroxyl groups is 1. The van der Waals surface area contributed by atoms with E-state index < -0.39 is 12.0 Å². The Kier molecular flexibility index (Phi) is 28.4. The number of carboxylic acid groups (broad SMARTS) is 1. The van der Waals surface area contributed by atoms with Crippen LogP contribution < -0.4 is 47.3 Å². The Labute approximate surface area is 119 Å². The van der Waals surface area contributed by atoms with Crippen molar-refractivity contribution in [3.05, 3.63) is 0 Å². The van der Waals surface area contributed by atoms with Gasteiger partial charge in [-0.3, -0.25) is 4.79 Å². The summed E-state index contributed by atoms with van der Waals surface area (Å²) in [6.07, 6.45) is 1.17. The molecule has 82 valence electrons. The van der Waals surface area contributed by atoms with E-state index in [4.69, 9.17) is 10.2 Å². The Bertz CT molecular complexity index is 130. The molecule has 0 bridgehead atoms. The van der Waals surface area contributed by atoms with E-state index in [2.05, 4.69) is 5.32 Å². The first kappa shape index (κ1) is 24.3. The summed E-state index contributed by atoms with van der Waals surface area (Å²) in [7, 11) is 0. The number of halogens is 2. The molecule has 0 aromatic rings. The summed E-state index contributed by atoms with van der Waals surface area (Å²) < 4.78 is 0. The van der Waals surface area contributed by atoms with Gasteiger partial charge in [-0.25, -0.2) is 0 Å². The van der Waals surface area contributed by atoms with Gasteiger partial charge >= 0.3 is 35.5 Å². The smallest absolute Gasteiger partial charge is 1.00 e. The summed E-state index contributed by atoms with van der Waals surface area (Å²) in [5, 5.41) is 19.8. The number of aliphatic carboxylic acids is 1. The molecule has 7 heteroatoms. The minimum absolute atomic E-state index is 0. The molecule has 0 aliphatic heterocycles. The van der Waals surface area contributed by atoms with Crippen LogP contribution in [-0.2, 0) is 4.79 Å². The second-order valence-corrected chi connectivity index (χ2v) is 2.36. The van der Waals surface area contributed by atoms with Gasteiger partial charge in [0, 0.05) is 6.61 Å². The zero-order chi connectivity index (χ0) is 8.69. The van der Waals surface area contributed by atoms with E-state index in [1.54, 1.807) is 0 Å². The van der Waals surface area contributed by atoms with Gasteiger partial charge < -0.3 is 27.9 Å². The van der Waals surface area contributed by atoms with Crippen LogP contribution in [0.5, 0.6) is 0 Å². The van der Waals surface area contributed by atoms with Gasteiger partial charge in [0.1, 0.15) is 6.04 Å². The van der Waals surface area contributed by atoms with Crippen molar-refractivity contribution >= 4 is 18.4 Å². The Morgan fingerprint density at radius 3 is 2.29 bits per heavy atom. The molecule has 1 unspecified atom stereocenters. The van der Waals surface area contributed by atoms with Crippen molar-refractivity contribution in [2.45, 2.75) is 25.8 Å². The predicted octanol–water partition coefficient (Wildman–Crippen LogP) is -5.75. The fourth-order valence-corrected chi connectivity index (χ4v) is 0.761. The molecule has 0 fully saturated rings. The third kappa shape index (κ3) is 13.0. The van der Waals surface area contributed by atoms with Gasteiger partial charge in [-0.05, 0) is 19.4 Å². The van der Waals surface area contributed by atoms with Gasteiger partial charge in [-0.15, -0.1) is 12.4 Å². The summed E-state index contributed by atoms with van der Waals surface area (Å²) in [6, 6.07) is -0.597. The van der Waals surface area contributed by atoms with E-state index in [1.807, 2.05) is 6.92 Å². The van der Waals surface area contributed by atoms with Crippen molar-refractivity contribution in [2.75, 3.05) is 13.2 Å². The minimum atomic E-state index is -0.896. The molecule has 4 nitrogen and oxygen atoms in total. The molecule has 3 N–H and O–H groups in total. The first-order chi connectivity index (χ1) is 5.22. The average molecular weight is 256 g/mol. The van der Waals surface area contributed by atoms with Crippen LogP contribution in [0.15, 0.2) is 0 Å². The normalized spacial score (nSPS) is 10.1. The zero-order valence-corrected chi connectivity index (χ0v) is 12.1. The standard InChI is InChI=1S/C7H15NO3.2ClH.Na/c1-2-4-8-6(3-5-9)7(10)11;;;/h6,8-9H,2-5H2,1H3,(H,10,11);2*1H;/q;;;+1/p-1. The zero-order valence-electron chi connectivity index (χ0n) is 8.49. The summed E-state index contributed by atoms with van der Waals surface area (Å²) in [5.41, 5.74) is 0. The number of aliphatic hydroxyl groups excluding tert-OH is 1. The van der Waals surface area contributed by atoms with Gasteiger partial charge in [0.05, 0.1) is 0 Å². The molecule has 0 aliphatic carbocycles. The minimum Gasteiger partial charge on any atom is -1.00 e. The van der Waals surface area contributed by atoms with Gasteiger partial charge in [0.15, 0.2) is 0 Å². The van der Waals surface area contributed by atoms with Crippen LogP contribution in [-0.4, -0.2) is 35.4 Å². The second-order valence-electron chi connectivity index (χ2n) is 2.36. The second kappa shape index (κ2) is 16.4. The topological polar surface area (TPSA) is 69.6 Å². The van der Waals surface area contributed by atoms with Crippen molar-refractivity contribution in [1.82, 2.24) is 5.32 Å². The maximum Gasteiger partial charge on any atom is 1.00 e. The van der Waals surface area contributed by atoms with E-state index in [9.17, 15) is 4.79 Å². The van der Waals surface area contributed by atoms with Gasteiger partial charge in [0.25, 0.3) is 0 Å². The van der Waals surface area contributed by atoms with Crippen LogP contribution in [0.25, 0.3) is 0 Å². The largest absolute Gasteiger partial charge is 1.00 e. The molecule has 0 saturated heterocycles. The van der Waals surface area contributed by atoms with Gasteiger partial charge in [0.2, 0.25) is 0 Å². The molecule has 1 atom stereocenters. The van der Waals surface area contributed by atoms with Crippen molar-refractivity contribution in [1.29, 1.82) is 0 Å². The van der Waals surface area contributed by atoms with E-state index in [1.165, 1.54) is 0 Å². The van der Waals surface area contributed by atoms with Crippen LogP contribution in [0.3, 0.4) is 0 Å². The fourth-order valence-electron chi connectivity index (χ4n) is 0.761. The average Bonchev–Trinajstić information content (AvgIpc) is 1.97. The first-order valence-corrected chi connectivity index (χ1v) is 3.79. The third-order valence-corrected chi connectivity index (χ3v) is 1.36.